The van der Waals surface area contributed by atoms with Gasteiger partial charge in [0, 0.05) is 24.2 Å². The fourth-order valence-electron chi connectivity index (χ4n) is 2.54. The van der Waals surface area contributed by atoms with Gasteiger partial charge in [-0.25, -0.2) is 17.8 Å². The van der Waals surface area contributed by atoms with E-state index >= 15 is 0 Å². The zero-order chi connectivity index (χ0) is 21.7. The summed E-state index contributed by atoms with van der Waals surface area (Å²) < 4.78 is 28.7. The molecule has 10 heteroatoms. The largest absolute Gasteiger partial charge is 0.326 e. The average Bonchev–Trinajstić information content (AvgIpc) is 3.24. The molecule has 1 amide bonds. The lowest BCUT2D eigenvalue weighted by Gasteiger charge is -2.10. The van der Waals surface area contributed by atoms with Crippen LogP contribution in [0.3, 0.4) is 0 Å². The Balaban J connectivity index is 1.64. The fourth-order valence-corrected chi connectivity index (χ4v) is 4.25. The summed E-state index contributed by atoms with van der Waals surface area (Å²) in [6, 6.07) is 12.8. The molecule has 0 aliphatic heterocycles. The van der Waals surface area contributed by atoms with Crippen LogP contribution in [0.25, 0.3) is 10.6 Å². The van der Waals surface area contributed by atoms with Crippen LogP contribution in [0.5, 0.6) is 0 Å². The first-order valence-electron chi connectivity index (χ1n) is 9.29. The number of sulfonamides is 1. The number of carbonyl (C=O) groups is 1. The number of hydrogen-bond donors (Lipinski definition) is 2. The van der Waals surface area contributed by atoms with Gasteiger partial charge in [0.05, 0.1) is 16.3 Å². The zero-order valence-corrected chi connectivity index (χ0v) is 18.2. The van der Waals surface area contributed by atoms with E-state index in [-0.39, 0.29) is 35.4 Å². The second kappa shape index (κ2) is 9.33. The molecule has 30 heavy (non-hydrogen) atoms. The highest BCUT2D eigenvalue weighted by atomic mass is 32.2. The average molecular weight is 447 g/mol. The lowest BCUT2D eigenvalue weighted by atomic mass is 10.2. The summed E-state index contributed by atoms with van der Waals surface area (Å²) in [5.41, 5.74) is 0.875. The van der Waals surface area contributed by atoms with Gasteiger partial charge in [-0.1, -0.05) is 19.9 Å². The van der Waals surface area contributed by atoms with Gasteiger partial charge in [0.2, 0.25) is 15.9 Å². The van der Waals surface area contributed by atoms with Crippen molar-refractivity contribution < 1.29 is 13.2 Å². The Morgan fingerprint density at radius 3 is 2.50 bits per heavy atom. The van der Waals surface area contributed by atoms with Crippen molar-refractivity contribution >= 4 is 33.0 Å². The molecule has 2 N–H and O–H groups in total. The van der Waals surface area contributed by atoms with Crippen LogP contribution in [-0.4, -0.2) is 30.7 Å². The normalized spacial score (nSPS) is 11.6. The topological polar surface area (TPSA) is 110 Å². The van der Waals surface area contributed by atoms with Crippen LogP contribution >= 0.6 is 11.3 Å². The van der Waals surface area contributed by atoms with E-state index in [0.717, 1.165) is 4.88 Å². The van der Waals surface area contributed by atoms with Gasteiger partial charge in [-0.05, 0) is 41.8 Å². The van der Waals surface area contributed by atoms with Gasteiger partial charge in [-0.2, -0.15) is 5.10 Å². The Labute approximate surface area is 178 Å². The number of nitrogens with zero attached hydrogens (tertiary/aromatic N) is 2. The Hall–Kier alpha value is -2.82. The lowest BCUT2D eigenvalue weighted by molar-refractivity contribution is -0.118. The number of aromatic nitrogens is 2. The Morgan fingerprint density at radius 1 is 1.13 bits per heavy atom. The number of carbonyl (C=O) groups excluding carboxylic acids is 1. The van der Waals surface area contributed by atoms with Crippen LogP contribution in [0.4, 0.5) is 5.69 Å². The molecule has 0 radical (unpaired) electrons. The number of rotatable bonds is 8. The van der Waals surface area contributed by atoms with Crippen LogP contribution < -0.4 is 15.6 Å². The van der Waals surface area contributed by atoms with Crippen LogP contribution in [0.15, 0.2) is 63.6 Å². The monoisotopic (exact) mass is 446 g/mol. The Morgan fingerprint density at radius 2 is 1.87 bits per heavy atom. The van der Waals surface area contributed by atoms with E-state index in [4.69, 9.17) is 0 Å². The van der Waals surface area contributed by atoms with E-state index < -0.39 is 10.0 Å². The van der Waals surface area contributed by atoms with E-state index in [1.165, 1.54) is 46.4 Å². The first kappa shape index (κ1) is 21.9. The molecule has 0 aliphatic rings. The molecule has 0 aliphatic carbocycles. The van der Waals surface area contributed by atoms with Crippen molar-refractivity contribution in [3.63, 3.8) is 0 Å². The molecular formula is C20H22N4O4S2. The highest BCUT2D eigenvalue weighted by Crippen LogP contribution is 2.21. The molecule has 0 atom stereocenters. The van der Waals surface area contributed by atoms with Gasteiger partial charge >= 0.3 is 0 Å². The summed E-state index contributed by atoms with van der Waals surface area (Å²) in [6.07, 6.45) is 0. The molecule has 2 heterocycles. The molecule has 0 saturated carbocycles. The van der Waals surface area contributed by atoms with Gasteiger partial charge in [0.1, 0.15) is 5.69 Å². The number of thiophene rings is 1. The highest BCUT2D eigenvalue weighted by molar-refractivity contribution is 7.89. The van der Waals surface area contributed by atoms with Crippen molar-refractivity contribution in [2.75, 3.05) is 11.9 Å². The SMILES string of the molecule is CC(C)C(=O)Nc1ccc(S(=O)(=O)NCCn2nc(-c3cccs3)ccc2=O)cc1. The van der Waals surface area contributed by atoms with Crippen molar-refractivity contribution in [1.29, 1.82) is 0 Å². The fraction of sp³-hybridized carbons (Fsp3) is 0.250. The van der Waals surface area contributed by atoms with Crippen molar-refractivity contribution in [2.45, 2.75) is 25.3 Å². The van der Waals surface area contributed by atoms with Gasteiger partial charge in [0.15, 0.2) is 0 Å². The van der Waals surface area contributed by atoms with E-state index in [1.54, 1.807) is 19.9 Å². The van der Waals surface area contributed by atoms with Gasteiger partial charge in [-0.3, -0.25) is 9.59 Å². The van der Waals surface area contributed by atoms with E-state index in [0.29, 0.717) is 11.4 Å². The van der Waals surface area contributed by atoms with E-state index in [9.17, 15) is 18.0 Å². The third kappa shape index (κ3) is 5.41. The van der Waals surface area contributed by atoms with Crippen molar-refractivity contribution in [3.8, 4) is 10.6 Å². The molecule has 158 valence electrons. The number of nitrogens with one attached hydrogen (secondary N) is 2. The van der Waals surface area contributed by atoms with Crippen LogP contribution in [0.2, 0.25) is 0 Å². The summed E-state index contributed by atoms with van der Waals surface area (Å²) in [5.74, 6) is -0.322. The summed E-state index contributed by atoms with van der Waals surface area (Å²) in [5, 5.41) is 8.92. The number of anilines is 1. The molecule has 0 fully saturated rings. The molecule has 0 bridgehead atoms. The number of amides is 1. The molecule has 3 rings (SSSR count). The molecule has 8 nitrogen and oxygen atoms in total. The second-order valence-corrected chi connectivity index (χ2v) is 9.54. The third-order valence-electron chi connectivity index (χ3n) is 4.21. The summed E-state index contributed by atoms with van der Waals surface area (Å²) in [6.45, 7) is 3.65. The minimum Gasteiger partial charge on any atom is -0.326 e. The Kier molecular flexibility index (Phi) is 6.80. The predicted octanol–water partition coefficient (Wildman–Crippen LogP) is 2.54. The molecule has 3 aromatic rings. The highest BCUT2D eigenvalue weighted by Gasteiger charge is 2.14. The molecule has 0 unspecified atom stereocenters. The van der Waals surface area contributed by atoms with Gasteiger partial charge in [0.25, 0.3) is 5.56 Å². The third-order valence-corrected chi connectivity index (χ3v) is 6.58. The number of hydrogen-bond acceptors (Lipinski definition) is 6. The minimum absolute atomic E-state index is 0.00890. The molecule has 2 aromatic heterocycles. The minimum atomic E-state index is -3.76. The quantitative estimate of drug-likeness (QED) is 0.553. The predicted molar refractivity (Wildman–Crippen MR) is 117 cm³/mol. The molecule has 0 spiro atoms. The molecular weight excluding hydrogens is 424 g/mol. The smallest absolute Gasteiger partial charge is 0.266 e. The lowest BCUT2D eigenvalue weighted by Crippen LogP contribution is -2.32. The first-order chi connectivity index (χ1) is 14.3. The van der Waals surface area contributed by atoms with Crippen molar-refractivity contribution in [3.05, 3.63) is 64.3 Å². The maximum atomic E-state index is 12.5. The standard InChI is InChI=1S/C20H22N4O4S2/c1-14(2)20(26)22-15-5-7-16(8-6-15)30(27,28)21-11-12-24-19(25)10-9-17(23-24)18-4-3-13-29-18/h3-10,13-14,21H,11-12H2,1-2H3,(H,22,26). The van der Waals surface area contributed by atoms with Gasteiger partial charge in [-0.15, -0.1) is 11.3 Å². The Bertz CT molecular complexity index is 1170. The summed E-state index contributed by atoms with van der Waals surface area (Å²) in [7, 11) is -3.76. The van der Waals surface area contributed by atoms with Crippen LogP contribution in [0.1, 0.15) is 13.8 Å². The van der Waals surface area contributed by atoms with E-state index in [1.807, 2.05) is 17.5 Å². The summed E-state index contributed by atoms with van der Waals surface area (Å²) >= 11 is 1.51. The molecule has 0 saturated heterocycles. The van der Waals surface area contributed by atoms with Gasteiger partial charge < -0.3 is 5.32 Å². The van der Waals surface area contributed by atoms with Crippen molar-refractivity contribution in [1.82, 2.24) is 14.5 Å². The molecule has 1 aromatic carbocycles. The maximum Gasteiger partial charge on any atom is 0.266 e. The van der Waals surface area contributed by atoms with E-state index in [2.05, 4.69) is 15.1 Å². The van der Waals surface area contributed by atoms with Crippen LogP contribution in [0, 0.1) is 5.92 Å². The first-order valence-corrected chi connectivity index (χ1v) is 11.7. The van der Waals surface area contributed by atoms with Crippen molar-refractivity contribution in [2.24, 2.45) is 5.92 Å². The maximum absolute atomic E-state index is 12.5. The second-order valence-electron chi connectivity index (χ2n) is 6.82. The number of benzene rings is 1. The zero-order valence-electron chi connectivity index (χ0n) is 16.5. The van der Waals surface area contributed by atoms with Crippen LogP contribution in [-0.2, 0) is 21.4 Å². The summed E-state index contributed by atoms with van der Waals surface area (Å²) in [4.78, 5) is 24.7.